The number of halogens is 3. The molecule has 5 N–H and O–H groups in total. The molecule has 2 aromatic carbocycles. The number of fused-ring (bicyclic) bond motifs is 1. The van der Waals surface area contributed by atoms with Crippen molar-refractivity contribution in [1.29, 1.82) is 0 Å². The molecule has 18 heteroatoms. The van der Waals surface area contributed by atoms with Gasteiger partial charge in [0.05, 0.1) is 17.7 Å². The molecule has 1 fully saturated rings. The SMILES string of the molecule is CCOC(=O)N1CCN(C(=O)C(CCNC(=O)c2cc(Oc3cccc(C(=O)O)c3)c3ccccc3n2)C(=O)O)CC1.OC(O)C(F)(F)F. The topological polar surface area (TPSA) is 216 Å². The number of nitrogens with zero attached hydrogens (tertiary/aromatic N) is 3. The third kappa shape index (κ3) is 10.8. The van der Waals surface area contributed by atoms with Crippen LogP contribution in [0.5, 0.6) is 11.5 Å². The van der Waals surface area contributed by atoms with Gasteiger partial charge in [-0.25, -0.2) is 14.6 Å². The number of carbonyl (C=O) groups excluding carboxylic acids is 3. The van der Waals surface area contributed by atoms with Gasteiger partial charge in [0, 0.05) is 44.2 Å². The number of aromatic nitrogens is 1. The van der Waals surface area contributed by atoms with Gasteiger partial charge in [0.1, 0.15) is 23.1 Å². The van der Waals surface area contributed by atoms with Crippen molar-refractivity contribution in [2.75, 3.05) is 39.3 Å². The van der Waals surface area contributed by atoms with Crippen molar-refractivity contribution in [3.8, 4) is 11.5 Å². The van der Waals surface area contributed by atoms with Gasteiger partial charge in [0.2, 0.25) is 5.91 Å². The van der Waals surface area contributed by atoms with Gasteiger partial charge in [-0.3, -0.25) is 14.4 Å². The summed E-state index contributed by atoms with van der Waals surface area (Å²) in [7, 11) is 0. The molecule has 0 saturated carbocycles. The molecule has 0 spiro atoms. The van der Waals surface area contributed by atoms with Gasteiger partial charge in [0.15, 0.2) is 0 Å². The van der Waals surface area contributed by atoms with Crippen molar-refractivity contribution in [2.24, 2.45) is 5.92 Å². The van der Waals surface area contributed by atoms with E-state index in [4.69, 9.17) is 19.7 Å². The number of amides is 3. The van der Waals surface area contributed by atoms with Gasteiger partial charge < -0.3 is 45.0 Å². The lowest BCUT2D eigenvalue weighted by Gasteiger charge is -2.35. The van der Waals surface area contributed by atoms with Gasteiger partial charge in [0.25, 0.3) is 12.2 Å². The molecule has 264 valence electrons. The summed E-state index contributed by atoms with van der Waals surface area (Å²) in [5.74, 6) is -4.49. The zero-order chi connectivity index (χ0) is 36.3. The lowest BCUT2D eigenvalue weighted by Crippen LogP contribution is -2.53. The van der Waals surface area contributed by atoms with Gasteiger partial charge in [-0.15, -0.1) is 0 Å². The smallest absolute Gasteiger partial charge is 0.439 e. The number of aliphatic hydroxyl groups is 2. The van der Waals surface area contributed by atoms with Crippen molar-refractivity contribution >= 4 is 40.7 Å². The highest BCUT2D eigenvalue weighted by atomic mass is 19.4. The van der Waals surface area contributed by atoms with E-state index < -0.39 is 48.2 Å². The molecule has 3 amide bonds. The number of alkyl halides is 3. The van der Waals surface area contributed by atoms with Gasteiger partial charge in [-0.2, -0.15) is 13.2 Å². The van der Waals surface area contributed by atoms with Crippen molar-refractivity contribution in [3.05, 3.63) is 65.9 Å². The first-order valence-electron chi connectivity index (χ1n) is 14.7. The quantitative estimate of drug-likeness (QED) is 0.153. The molecule has 4 rings (SSSR count). The number of hydrogen-bond acceptors (Lipinski definition) is 10. The molecule has 1 unspecified atom stereocenters. The Balaban J connectivity index is 0.000000838. The van der Waals surface area contributed by atoms with E-state index in [0.29, 0.717) is 10.9 Å². The first kappa shape index (κ1) is 38.0. The average molecular weight is 695 g/mol. The highest BCUT2D eigenvalue weighted by molar-refractivity contribution is 5.98. The molecule has 1 aliphatic heterocycles. The van der Waals surface area contributed by atoms with Crippen LogP contribution in [0.1, 0.15) is 34.2 Å². The average Bonchev–Trinajstić information content (AvgIpc) is 3.06. The maximum Gasteiger partial charge on any atom is 0.439 e. The Hall–Kier alpha value is -5.49. The number of para-hydroxylation sites is 1. The number of carboxylic acids is 2. The molecular formula is C31H33F3N4O11. The lowest BCUT2D eigenvalue weighted by atomic mass is 10.0. The van der Waals surface area contributed by atoms with Gasteiger partial charge in [-0.1, -0.05) is 18.2 Å². The number of pyridine rings is 1. The minimum atomic E-state index is -4.89. The molecule has 1 atom stereocenters. The van der Waals surface area contributed by atoms with Crippen LogP contribution in [0.3, 0.4) is 0 Å². The Bertz CT molecular complexity index is 1660. The first-order chi connectivity index (χ1) is 23.1. The number of aromatic carboxylic acids is 1. The maximum absolute atomic E-state index is 13.0. The molecule has 1 aromatic heterocycles. The number of benzene rings is 2. The Morgan fingerprint density at radius 3 is 2.16 bits per heavy atom. The molecule has 0 bridgehead atoms. The predicted octanol–water partition coefficient (Wildman–Crippen LogP) is 2.71. The minimum Gasteiger partial charge on any atom is -0.481 e. The zero-order valence-electron chi connectivity index (χ0n) is 25.9. The normalized spacial score (nSPS) is 13.6. The van der Waals surface area contributed by atoms with Crippen molar-refractivity contribution in [3.63, 3.8) is 0 Å². The van der Waals surface area contributed by atoms with Crippen LogP contribution in [0, 0.1) is 5.92 Å². The highest BCUT2D eigenvalue weighted by Gasteiger charge is 2.36. The zero-order valence-corrected chi connectivity index (χ0v) is 25.9. The Kier molecular flexibility index (Phi) is 13.2. The van der Waals surface area contributed by atoms with Crippen molar-refractivity contribution in [2.45, 2.75) is 25.8 Å². The predicted molar refractivity (Wildman–Crippen MR) is 163 cm³/mol. The Morgan fingerprint density at radius 1 is 0.939 bits per heavy atom. The van der Waals surface area contributed by atoms with E-state index >= 15 is 0 Å². The number of aliphatic hydroxyl groups excluding tert-OH is 1. The Labute approximate surface area is 276 Å². The minimum absolute atomic E-state index is 0.00798. The number of aliphatic carboxylic acids is 1. The first-order valence-corrected chi connectivity index (χ1v) is 14.7. The van der Waals surface area contributed by atoms with Crippen LogP contribution in [0.2, 0.25) is 0 Å². The molecule has 2 heterocycles. The molecule has 1 saturated heterocycles. The van der Waals surface area contributed by atoms with Crippen LogP contribution in [0.4, 0.5) is 18.0 Å². The number of ether oxygens (including phenoxy) is 2. The summed E-state index contributed by atoms with van der Waals surface area (Å²) >= 11 is 0. The summed E-state index contributed by atoms with van der Waals surface area (Å²) in [6.07, 6.45) is -8.73. The molecule has 49 heavy (non-hydrogen) atoms. The fraction of sp³-hybridized carbons (Fsp3) is 0.355. The van der Waals surface area contributed by atoms with E-state index in [0.717, 1.165) is 0 Å². The molecule has 3 aromatic rings. The number of nitrogens with one attached hydrogen (secondary N) is 1. The van der Waals surface area contributed by atoms with Crippen LogP contribution in [-0.2, 0) is 14.3 Å². The van der Waals surface area contributed by atoms with Gasteiger partial charge >= 0.3 is 24.2 Å². The van der Waals surface area contributed by atoms with Crippen LogP contribution < -0.4 is 10.1 Å². The van der Waals surface area contributed by atoms with Crippen LogP contribution in [0.15, 0.2) is 54.6 Å². The van der Waals surface area contributed by atoms with Crippen LogP contribution in [-0.4, -0.2) is 117 Å². The van der Waals surface area contributed by atoms with Crippen LogP contribution in [0.25, 0.3) is 10.9 Å². The fourth-order valence-corrected chi connectivity index (χ4v) is 4.48. The van der Waals surface area contributed by atoms with Gasteiger partial charge in [-0.05, 0) is 43.7 Å². The van der Waals surface area contributed by atoms with E-state index in [2.05, 4.69) is 10.3 Å². The van der Waals surface area contributed by atoms with Crippen LogP contribution >= 0.6 is 0 Å². The summed E-state index contributed by atoms with van der Waals surface area (Å²) in [6.45, 7) is 2.61. The molecule has 0 radical (unpaired) electrons. The molecule has 1 aliphatic rings. The van der Waals surface area contributed by atoms with E-state index in [-0.39, 0.29) is 68.5 Å². The number of carbonyl (C=O) groups is 5. The third-order valence-corrected chi connectivity index (χ3v) is 6.94. The number of piperazine rings is 1. The second-order valence-corrected chi connectivity index (χ2v) is 10.3. The van der Waals surface area contributed by atoms with E-state index in [9.17, 15) is 47.4 Å². The third-order valence-electron chi connectivity index (χ3n) is 6.94. The number of rotatable bonds is 10. The maximum atomic E-state index is 13.0. The summed E-state index contributed by atoms with van der Waals surface area (Å²) < 4.78 is 42.9. The summed E-state index contributed by atoms with van der Waals surface area (Å²) in [4.78, 5) is 68.3. The monoisotopic (exact) mass is 694 g/mol. The number of carboxylic acid groups (broad SMARTS) is 2. The lowest BCUT2D eigenvalue weighted by molar-refractivity contribution is -0.275. The van der Waals surface area contributed by atoms with Crippen molar-refractivity contribution < 1.29 is 67.0 Å². The molecule has 0 aliphatic carbocycles. The Morgan fingerprint density at radius 2 is 1.57 bits per heavy atom. The summed E-state index contributed by atoms with van der Waals surface area (Å²) in [5.41, 5.74) is 0.480. The van der Waals surface area contributed by atoms with E-state index in [1.54, 1.807) is 37.3 Å². The fourth-order valence-electron chi connectivity index (χ4n) is 4.48. The summed E-state index contributed by atoms with van der Waals surface area (Å²) in [6, 6.07) is 14.3. The second kappa shape index (κ2) is 17.1. The van der Waals surface area contributed by atoms with Crippen molar-refractivity contribution in [1.82, 2.24) is 20.1 Å². The second-order valence-electron chi connectivity index (χ2n) is 10.3. The largest absolute Gasteiger partial charge is 0.481 e. The standard InChI is InChI=1S/C29H30N4O9.C2H3F3O2/c1-2-41-29(40)33-14-12-32(13-15-33)26(35)21(28(38)39)10-11-30-25(34)23-17-24(20-8-3-4-9-22(20)31-23)42-19-7-5-6-18(16-19)27(36)37;3-2(4,5)1(6)7/h3-9,16-17,21H,2,10-15H2,1H3,(H,30,34)(H,36,37)(H,38,39);1,6-7H. The summed E-state index contributed by atoms with van der Waals surface area (Å²) in [5, 5.41) is 36.8. The highest BCUT2D eigenvalue weighted by Crippen LogP contribution is 2.30. The molecule has 15 nitrogen and oxygen atoms in total. The van der Waals surface area contributed by atoms with E-state index in [1.807, 2.05) is 0 Å². The number of hydrogen-bond donors (Lipinski definition) is 5. The molecular weight excluding hydrogens is 661 g/mol. The van der Waals surface area contributed by atoms with E-state index in [1.165, 1.54) is 34.1 Å².